The Morgan fingerprint density at radius 1 is 1.36 bits per heavy atom. The van der Waals surface area contributed by atoms with E-state index < -0.39 is 5.60 Å². The maximum absolute atomic E-state index is 10.2. The van der Waals surface area contributed by atoms with Crippen molar-refractivity contribution in [3.63, 3.8) is 0 Å². The molecule has 2 N–H and O–H groups in total. The second kappa shape index (κ2) is 5.99. The molecule has 0 heterocycles. The van der Waals surface area contributed by atoms with Crippen molar-refractivity contribution in [3.05, 3.63) is 0 Å². The molecule has 1 atom stereocenters. The van der Waals surface area contributed by atoms with Crippen LogP contribution in [0.3, 0.4) is 0 Å². The fraction of sp³-hybridized carbons (Fsp3) is 1.00. The number of hydrogen-bond donors (Lipinski definition) is 2. The predicted molar refractivity (Wildman–Crippen MR) is 63.9 cm³/mol. The molecule has 3 heteroatoms. The van der Waals surface area contributed by atoms with E-state index in [9.17, 15) is 5.11 Å². The van der Waals surface area contributed by atoms with Crippen LogP contribution >= 0.6 is 11.8 Å². The molecule has 1 unspecified atom stereocenters. The van der Waals surface area contributed by atoms with Gasteiger partial charge in [0.2, 0.25) is 0 Å². The molecule has 0 radical (unpaired) electrons. The third-order valence-corrected chi connectivity index (χ3v) is 4.04. The molecule has 0 aromatic heterocycles. The summed E-state index contributed by atoms with van der Waals surface area (Å²) in [6.45, 7) is 3.99. The third-order valence-electron chi connectivity index (χ3n) is 3.07. The maximum atomic E-state index is 10.2. The summed E-state index contributed by atoms with van der Waals surface area (Å²) in [6.07, 6.45) is 7.76. The van der Waals surface area contributed by atoms with Gasteiger partial charge in [-0.2, -0.15) is 11.8 Å². The van der Waals surface area contributed by atoms with Crippen molar-refractivity contribution in [2.75, 3.05) is 19.3 Å². The molecule has 2 nitrogen and oxygen atoms in total. The predicted octanol–water partition coefficient (Wildman–Crippen LogP) is 2.02. The van der Waals surface area contributed by atoms with Crippen LogP contribution < -0.4 is 5.32 Å². The third kappa shape index (κ3) is 4.20. The van der Waals surface area contributed by atoms with Crippen molar-refractivity contribution >= 4 is 11.8 Å². The monoisotopic (exact) mass is 217 g/mol. The summed E-state index contributed by atoms with van der Waals surface area (Å²) in [5.41, 5.74) is -0.406. The zero-order valence-corrected chi connectivity index (χ0v) is 10.2. The van der Waals surface area contributed by atoms with Crippen LogP contribution in [0.15, 0.2) is 0 Å². The minimum absolute atomic E-state index is 0.406. The van der Waals surface area contributed by atoms with Crippen LogP contribution in [0, 0.1) is 0 Å². The summed E-state index contributed by atoms with van der Waals surface area (Å²) in [6, 6.07) is 0. The summed E-state index contributed by atoms with van der Waals surface area (Å²) in [4.78, 5) is 0. The van der Waals surface area contributed by atoms with Gasteiger partial charge in [-0.1, -0.05) is 26.2 Å². The quantitative estimate of drug-likeness (QED) is 0.739. The van der Waals surface area contributed by atoms with Gasteiger partial charge in [0, 0.05) is 18.3 Å². The first-order valence-corrected chi connectivity index (χ1v) is 6.91. The van der Waals surface area contributed by atoms with Gasteiger partial charge in [-0.25, -0.2) is 0 Å². The Morgan fingerprint density at radius 3 is 2.57 bits per heavy atom. The van der Waals surface area contributed by atoms with Gasteiger partial charge in [0.1, 0.15) is 0 Å². The zero-order valence-electron chi connectivity index (χ0n) is 9.38. The minimum atomic E-state index is -0.406. The fourth-order valence-corrected chi connectivity index (χ4v) is 2.26. The van der Waals surface area contributed by atoms with Crippen molar-refractivity contribution in [3.8, 4) is 0 Å². The lowest BCUT2D eigenvalue weighted by atomic mass is 9.85. The standard InChI is InChI=1S/C11H23NOS/c1-10(14-2)8-12-9-11(13)6-4-3-5-7-11/h10,12-13H,3-9H2,1-2H3. The maximum Gasteiger partial charge on any atom is 0.0771 e. The molecule has 0 aromatic rings. The first-order chi connectivity index (χ1) is 6.66. The van der Waals surface area contributed by atoms with E-state index in [1.165, 1.54) is 19.3 Å². The fourth-order valence-electron chi connectivity index (χ4n) is 1.98. The van der Waals surface area contributed by atoms with Gasteiger partial charge in [0.15, 0.2) is 0 Å². The van der Waals surface area contributed by atoms with Crippen molar-refractivity contribution < 1.29 is 5.11 Å². The number of nitrogens with one attached hydrogen (secondary N) is 1. The van der Waals surface area contributed by atoms with E-state index in [-0.39, 0.29) is 0 Å². The molecule has 14 heavy (non-hydrogen) atoms. The highest BCUT2D eigenvalue weighted by Gasteiger charge is 2.28. The highest BCUT2D eigenvalue weighted by Crippen LogP contribution is 2.27. The molecule has 0 saturated heterocycles. The summed E-state index contributed by atoms with van der Waals surface area (Å²) < 4.78 is 0. The number of thioether (sulfide) groups is 1. The van der Waals surface area contributed by atoms with E-state index >= 15 is 0 Å². The second-order valence-corrected chi connectivity index (χ2v) is 5.74. The Balaban J connectivity index is 2.15. The zero-order chi connectivity index (χ0) is 10.4. The molecule has 1 aliphatic rings. The first kappa shape index (κ1) is 12.3. The van der Waals surface area contributed by atoms with Crippen LogP contribution in [-0.4, -0.2) is 35.3 Å². The smallest absolute Gasteiger partial charge is 0.0771 e. The summed E-state index contributed by atoms with van der Waals surface area (Å²) in [5.74, 6) is 0. The molecule has 0 aliphatic heterocycles. The van der Waals surface area contributed by atoms with E-state index in [1.54, 1.807) is 0 Å². The van der Waals surface area contributed by atoms with E-state index in [0.29, 0.717) is 5.25 Å². The van der Waals surface area contributed by atoms with E-state index in [0.717, 1.165) is 25.9 Å². The number of hydrogen-bond acceptors (Lipinski definition) is 3. The van der Waals surface area contributed by atoms with E-state index in [4.69, 9.17) is 0 Å². The van der Waals surface area contributed by atoms with Gasteiger partial charge in [0.05, 0.1) is 5.60 Å². The largest absolute Gasteiger partial charge is 0.389 e. The highest BCUT2D eigenvalue weighted by atomic mass is 32.2. The Kier molecular flexibility index (Phi) is 5.28. The molecule has 0 amide bonds. The molecule has 1 aliphatic carbocycles. The Labute approximate surface area is 91.9 Å². The van der Waals surface area contributed by atoms with Crippen LogP contribution in [0.1, 0.15) is 39.0 Å². The Hall–Kier alpha value is 0.270. The van der Waals surface area contributed by atoms with Crippen LogP contribution in [0.4, 0.5) is 0 Å². The summed E-state index contributed by atoms with van der Waals surface area (Å²) in [5, 5.41) is 14.2. The first-order valence-electron chi connectivity index (χ1n) is 5.62. The molecule has 84 valence electrons. The van der Waals surface area contributed by atoms with Crippen LogP contribution in [0.2, 0.25) is 0 Å². The Bertz CT molecular complexity index is 157. The van der Waals surface area contributed by atoms with Crippen molar-refractivity contribution in [1.82, 2.24) is 5.32 Å². The average Bonchev–Trinajstić information content (AvgIpc) is 2.18. The molecular weight excluding hydrogens is 194 g/mol. The van der Waals surface area contributed by atoms with Crippen LogP contribution in [0.5, 0.6) is 0 Å². The van der Waals surface area contributed by atoms with Gasteiger partial charge in [-0.3, -0.25) is 0 Å². The molecule has 0 aromatic carbocycles. The minimum Gasteiger partial charge on any atom is -0.389 e. The normalized spacial score (nSPS) is 23.4. The highest BCUT2D eigenvalue weighted by molar-refractivity contribution is 7.99. The Morgan fingerprint density at radius 2 is 2.00 bits per heavy atom. The van der Waals surface area contributed by atoms with Crippen molar-refractivity contribution in [1.29, 1.82) is 0 Å². The average molecular weight is 217 g/mol. The number of aliphatic hydroxyl groups is 1. The van der Waals surface area contributed by atoms with Crippen molar-refractivity contribution in [2.24, 2.45) is 0 Å². The SMILES string of the molecule is CSC(C)CNCC1(O)CCCCC1. The summed E-state index contributed by atoms with van der Waals surface area (Å²) in [7, 11) is 0. The lowest BCUT2D eigenvalue weighted by Gasteiger charge is -2.32. The van der Waals surface area contributed by atoms with Crippen LogP contribution in [0.25, 0.3) is 0 Å². The van der Waals surface area contributed by atoms with E-state index in [1.807, 2.05) is 11.8 Å². The van der Waals surface area contributed by atoms with E-state index in [2.05, 4.69) is 18.5 Å². The molecule has 1 fully saturated rings. The van der Waals surface area contributed by atoms with Gasteiger partial charge < -0.3 is 10.4 Å². The summed E-state index contributed by atoms with van der Waals surface area (Å²) >= 11 is 1.87. The van der Waals surface area contributed by atoms with Gasteiger partial charge in [0.25, 0.3) is 0 Å². The van der Waals surface area contributed by atoms with Gasteiger partial charge >= 0.3 is 0 Å². The molecule has 1 saturated carbocycles. The van der Waals surface area contributed by atoms with Crippen molar-refractivity contribution in [2.45, 2.75) is 49.9 Å². The van der Waals surface area contributed by atoms with Gasteiger partial charge in [-0.15, -0.1) is 0 Å². The second-order valence-electron chi connectivity index (χ2n) is 4.46. The topological polar surface area (TPSA) is 32.3 Å². The molecular formula is C11H23NOS. The lowest BCUT2D eigenvalue weighted by Crippen LogP contribution is -2.43. The molecule has 1 rings (SSSR count). The number of rotatable bonds is 5. The lowest BCUT2D eigenvalue weighted by molar-refractivity contribution is 0.00521. The van der Waals surface area contributed by atoms with Crippen LogP contribution in [-0.2, 0) is 0 Å². The van der Waals surface area contributed by atoms with Gasteiger partial charge in [-0.05, 0) is 19.1 Å². The molecule has 0 spiro atoms. The molecule has 0 bridgehead atoms.